The molecule has 2 amide bonds. The maximum Gasteiger partial charge on any atom is 0.251 e. The number of nitrogens with one attached hydrogen (secondary N) is 1. The largest absolute Gasteiger partial charge is 0.497 e. The topological polar surface area (TPSA) is 84.7 Å². The zero-order valence-corrected chi connectivity index (χ0v) is 15.0. The van der Waals surface area contributed by atoms with E-state index >= 15 is 0 Å². The Balaban J connectivity index is 1.82. The third-order valence-electron chi connectivity index (χ3n) is 3.96. The monoisotopic (exact) mass is 345 g/mol. The van der Waals surface area contributed by atoms with Crippen molar-refractivity contribution in [3.63, 3.8) is 0 Å². The van der Waals surface area contributed by atoms with E-state index < -0.39 is 0 Å². The predicted molar refractivity (Wildman–Crippen MR) is 92.4 cm³/mol. The average molecular weight is 345 g/mol. The highest BCUT2D eigenvalue weighted by Gasteiger charge is 2.15. The van der Waals surface area contributed by atoms with Crippen molar-refractivity contribution in [1.29, 1.82) is 0 Å². The van der Waals surface area contributed by atoms with Crippen LogP contribution in [0, 0.1) is 13.8 Å². The van der Waals surface area contributed by atoms with Gasteiger partial charge in [-0.3, -0.25) is 9.59 Å². The van der Waals surface area contributed by atoms with Crippen molar-refractivity contribution in [2.75, 3.05) is 20.7 Å². The number of methoxy groups -OCH3 is 1. The average Bonchev–Trinajstić information content (AvgIpc) is 2.93. The normalized spacial score (nSPS) is 10.4. The summed E-state index contributed by atoms with van der Waals surface area (Å²) in [7, 11) is 3.27. The molecule has 25 heavy (non-hydrogen) atoms. The first-order valence-electron chi connectivity index (χ1n) is 8.00. The summed E-state index contributed by atoms with van der Waals surface area (Å²) in [5.74, 6) is 1.03. The number of rotatable bonds is 7. The smallest absolute Gasteiger partial charge is 0.251 e. The molecule has 0 aliphatic heterocycles. The first kappa shape index (κ1) is 18.5. The van der Waals surface area contributed by atoms with Crippen LogP contribution in [-0.2, 0) is 11.3 Å². The van der Waals surface area contributed by atoms with E-state index in [4.69, 9.17) is 9.26 Å². The summed E-state index contributed by atoms with van der Waals surface area (Å²) in [6, 6.07) is 6.87. The second-order valence-electron chi connectivity index (χ2n) is 5.79. The van der Waals surface area contributed by atoms with Gasteiger partial charge in [-0.05, 0) is 32.0 Å². The summed E-state index contributed by atoms with van der Waals surface area (Å²) in [6.45, 7) is 4.37. The Kier molecular flexibility index (Phi) is 6.16. The predicted octanol–water partition coefficient (Wildman–Crippen LogP) is 2.08. The quantitative estimate of drug-likeness (QED) is 0.830. The molecule has 0 aliphatic rings. The van der Waals surface area contributed by atoms with Gasteiger partial charge < -0.3 is 19.5 Å². The lowest BCUT2D eigenvalue weighted by molar-refractivity contribution is -0.130. The van der Waals surface area contributed by atoms with Gasteiger partial charge in [0.25, 0.3) is 5.91 Å². The lowest BCUT2D eigenvalue weighted by atomic mass is 10.2. The number of carbonyl (C=O) groups is 2. The molecular weight excluding hydrogens is 322 g/mol. The fourth-order valence-electron chi connectivity index (χ4n) is 2.39. The number of nitrogens with zero attached hydrogens (tertiary/aromatic N) is 2. The molecule has 2 aromatic rings. The summed E-state index contributed by atoms with van der Waals surface area (Å²) < 4.78 is 10.2. The van der Waals surface area contributed by atoms with E-state index in [1.54, 1.807) is 43.3 Å². The molecule has 0 unspecified atom stereocenters. The summed E-state index contributed by atoms with van der Waals surface area (Å²) in [4.78, 5) is 25.9. The molecule has 7 nitrogen and oxygen atoms in total. The molecule has 1 heterocycles. The second-order valence-corrected chi connectivity index (χ2v) is 5.79. The second kappa shape index (κ2) is 8.32. The fraction of sp³-hybridized carbons (Fsp3) is 0.389. The van der Waals surface area contributed by atoms with Gasteiger partial charge in [-0.25, -0.2) is 0 Å². The number of hydrogen-bond donors (Lipinski definition) is 1. The molecule has 134 valence electrons. The van der Waals surface area contributed by atoms with Crippen molar-refractivity contribution in [3.8, 4) is 5.75 Å². The first-order valence-corrected chi connectivity index (χ1v) is 8.00. The standard InChI is InChI=1S/C18H23N3O4/c1-12-16(13(2)25-20-12)11-21(3)17(22)8-9-19-18(23)14-6-5-7-15(10-14)24-4/h5-7,10H,8-9,11H2,1-4H3,(H,19,23). The third-order valence-corrected chi connectivity index (χ3v) is 3.96. The Labute approximate surface area is 146 Å². The molecule has 1 N–H and O–H groups in total. The van der Waals surface area contributed by atoms with Gasteiger partial charge >= 0.3 is 0 Å². The molecule has 0 atom stereocenters. The summed E-state index contributed by atoms with van der Waals surface area (Å²) >= 11 is 0. The Bertz CT molecular complexity index is 735. The minimum Gasteiger partial charge on any atom is -0.497 e. The molecule has 2 rings (SSSR count). The highest BCUT2D eigenvalue weighted by molar-refractivity contribution is 5.94. The number of aromatic nitrogens is 1. The number of hydrogen-bond acceptors (Lipinski definition) is 5. The number of amides is 2. The Morgan fingerprint density at radius 2 is 2.08 bits per heavy atom. The van der Waals surface area contributed by atoms with E-state index in [9.17, 15) is 9.59 Å². The third kappa shape index (κ3) is 4.82. The van der Waals surface area contributed by atoms with Crippen LogP contribution in [0.25, 0.3) is 0 Å². The molecule has 7 heteroatoms. The molecule has 1 aromatic heterocycles. The lowest BCUT2D eigenvalue weighted by Crippen LogP contribution is -2.32. The molecule has 0 radical (unpaired) electrons. The number of benzene rings is 1. The van der Waals surface area contributed by atoms with Crippen LogP contribution in [0.3, 0.4) is 0 Å². The van der Waals surface area contributed by atoms with Gasteiger partial charge in [0, 0.05) is 31.1 Å². The molecule has 0 fully saturated rings. The Hall–Kier alpha value is -2.83. The van der Waals surface area contributed by atoms with Crippen LogP contribution in [0.1, 0.15) is 33.8 Å². The van der Waals surface area contributed by atoms with Crippen LogP contribution in [0.2, 0.25) is 0 Å². The molecule has 0 bridgehead atoms. The highest BCUT2D eigenvalue weighted by atomic mass is 16.5. The number of carbonyl (C=O) groups excluding carboxylic acids is 2. The van der Waals surface area contributed by atoms with Crippen molar-refractivity contribution in [2.24, 2.45) is 0 Å². The van der Waals surface area contributed by atoms with E-state index in [-0.39, 0.29) is 24.8 Å². The number of ether oxygens (including phenoxy) is 1. The maximum atomic E-state index is 12.2. The van der Waals surface area contributed by atoms with Gasteiger partial charge in [0.2, 0.25) is 5.91 Å². The van der Waals surface area contributed by atoms with Crippen molar-refractivity contribution in [2.45, 2.75) is 26.8 Å². The summed E-state index contributed by atoms with van der Waals surface area (Å²) in [5, 5.41) is 6.63. The minimum absolute atomic E-state index is 0.0639. The zero-order valence-electron chi connectivity index (χ0n) is 15.0. The van der Waals surface area contributed by atoms with Crippen LogP contribution in [0.5, 0.6) is 5.75 Å². The van der Waals surface area contributed by atoms with Crippen LogP contribution in [0.4, 0.5) is 0 Å². The van der Waals surface area contributed by atoms with Crippen LogP contribution < -0.4 is 10.1 Å². The molecular formula is C18H23N3O4. The van der Waals surface area contributed by atoms with E-state index in [0.29, 0.717) is 23.6 Å². The molecule has 0 aliphatic carbocycles. The number of aryl methyl sites for hydroxylation is 2. The van der Waals surface area contributed by atoms with Crippen molar-refractivity contribution >= 4 is 11.8 Å². The van der Waals surface area contributed by atoms with Crippen LogP contribution in [-0.4, -0.2) is 42.6 Å². The molecule has 1 aromatic carbocycles. The Morgan fingerprint density at radius 3 is 2.72 bits per heavy atom. The van der Waals surface area contributed by atoms with E-state index in [0.717, 1.165) is 11.3 Å². The summed E-state index contributed by atoms with van der Waals surface area (Å²) in [5.41, 5.74) is 2.19. The minimum atomic E-state index is -0.236. The van der Waals surface area contributed by atoms with E-state index in [1.165, 1.54) is 0 Å². The van der Waals surface area contributed by atoms with Gasteiger partial charge in [0.1, 0.15) is 11.5 Å². The van der Waals surface area contributed by atoms with Crippen molar-refractivity contribution < 1.29 is 18.8 Å². The van der Waals surface area contributed by atoms with E-state index in [2.05, 4.69) is 10.5 Å². The van der Waals surface area contributed by atoms with Crippen LogP contribution >= 0.6 is 0 Å². The maximum absolute atomic E-state index is 12.2. The molecule has 0 spiro atoms. The van der Waals surface area contributed by atoms with Crippen LogP contribution in [0.15, 0.2) is 28.8 Å². The van der Waals surface area contributed by atoms with Gasteiger partial charge in [0.05, 0.1) is 19.3 Å². The molecule has 0 saturated heterocycles. The lowest BCUT2D eigenvalue weighted by Gasteiger charge is -2.17. The fourth-order valence-corrected chi connectivity index (χ4v) is 2.39. The van der Waals surface area contributed by atoms with Gasteiger partial charge in [0.15, 0.2) is 0 Å². The first-order chi connectivity index (χ1) is 11.9. The van der Waals surface area contributed by atoms with Gasteiger partial charge in [-0.2, -0.15) is 0 Å². The van der Waals surface area contributed by atoms with Crippen molar-refractivity contribution in [3.05, 3.63) is 46.8 Å². The van der Waals surface area contributed by atoms with Gasteiger partial charge in [-0.15, -0.1) is 0 Å². The van der Waals surface area contributed by atoms with Gasteiger partial charge in [-0.1, -0.05) is 11.2 Å². The van der Waals surface area contributed by atoms with Crippen molar-refractivity contribution in [1.82, 2.24) is 15.4 Å². The zero-order chi connectivity index (χ0) is 18.4. The van der Waals surface area contributed by atoms with E-state index in [1.807, 2.05) is 13.8 Å². The Morgan fingerprint density at radius 1 is 1.32 bits per heavy atom. The summed E-state index contributed by atoms with van der Waals surface area (Å²) in [6.07, 6.45) is 0.218. The molecule has 0 saturated carbocycles. The highest BCUT2D eigenvalue weighted by Crippen LogP contribution is 2.15. The SMILES string of the molecule is COc1cccc(C(=O)NCCC(=O)N(C)Cc2c(C)noc2C)c1.